The number of nitrogens with zero attached hydrogens (tertiary/aromatic N) is 1. The van der Waals surface area contributed by atoms with E-state index in [1.165, 1.54) is 31.2 Å². The summed E-state index contributed by atoms with van der Waals surface area (Å²) in [5.74, 6) is 1.74. The number of hydrogen-bond donors (Lipinski definition) is 1. The highest BCUT2D eigenvalue weighted by molar-refractivity contribution is 5.56. The van der Waals surface area contributed by atoms with Crippen LogP contribution in [0.2, 0.25) is 0 Å². The summed E-state index contributed by atoms with van der Waals surface area (Å²) in [6, 6.07) is 8.64. The summed E-state index contributed by atoms with van der Waals surface area (Å²) in [6.07, 6.45) is 8.79. The van der Waals surface area contributed by atoms with Crippen molar-refractivity contribution in [1.29, 1.82) is 0 Å². The fourth-order valence-corrected chi connectivity index (χ4v) is 2.93. The number of aromatic nitrogens is 1. The van der Waals surface area contributed by atoms with Crippen LogP contribution >= 0.6 is 0 Å². The molecule has 0 radical (unpaired) electrons. The van der Waals surface area contributed by atoms with E-state index in [9.17, 15) is 0 Å². The molecule has 0 amide bonds. The minimum absolute atomic E-state index is 0.649. The number of hydrogen-bond acceptors (Lipinski definition) is 3. The molecular weight excluding hydrogens is 248 g/mol. The first kappa shape index (κ1) is 13.4. The van der Waals surface area contributed by atoms with Crippen LogP contribution in [0.25, 0.3) is 11.5 Å². The molecule has 3 rings (SSSR count). The van der Waals surface area contributed by atoms with Crippen molar-refractivity contribution in [3.63, 3.8) is 0 Å². The van der Waals surface area contributed by atoms with Gasteiger partial charge in [0, 0.05) is 18.8 Å². The van der Waals surface area contributed by atoms with E-state index in [2.05, 4.69) is 23.3 Å². The topological polar surface area (TPSA) is 38.1 Å². The SMILES string of the molecule is CC1CCC(NCc2cccnc2-c2ccco2)CC1. The highest BCUT2D eigenvalue weighted by atomic mass is 16.3. The zero-order valence-corrected chi connectivity index (χ0v) is 12.0. The number of pyridine rings is 1. The molecule has 1 fully saturated rings. The summed E-state index contributed by atoms with van der Waals surface area (Å²) >= 11 is 0. The monoisotopic (exact) mass is 270 g/mol. The Kier molecular flexibility index (Phi) is 4.16. The fourth-order valence-electron chi connectivity index (χ4n) is 2.93. The Balaban J connectivity index is 1.66. The molecular formula is C17H22N2O. The van der Waals surface area contributed by atoms with Crippen LogP contribution in [0.15, 0.2) is 41.1 Å². The third-order valence-corrected chi connectivity index (χ3v) is 4.24. The van der Waals surface area contributed by atoms with E-state index in [0.29, 0.717) is 6.04 Å². The van der Waals surface area contributed by atoms with Crippen molar-refractivity contribution in [2.75, 3.05) is 0 Å². The van der Waals surface area contributed by atoms with E-state index in [-0.39, 0.29) is 0 Å². The van der Waals surface area contributed by atoms with Crippen LogP contribution in [-0.4, -0.2) is 11.0 Å². The Labute approximate surface area is 120 Å². The zero-order valence-electron chi connectivity index (χ0n) is 12.0. The lowest BCUT2D eigenvalue weighted by Crippen LogP contribution is -2.32. The maximum absolute atomic E-state index is 5.48. The van der Waals surface area contributed by atoms with Crippen molar-refractivity contribution >= 4 is 0 Å². The molecule has 1 saturated carbocycles. The highest BCUT2D eigenvalue weighted by Crippen LogP contribution is 2.25. The Hall–Kier alpha value is -1.61. The molecule has 0 atom stereocenters. The molecule has 1 aliphatic rings. The molecule has 1 aliphatic carbocycles. The largest absolute Gasteiger partial charge is 0.463 e. The predicted octanol–water partition coefficient (Wildman–Crippen LogP) is 4.01. The molecule has 2 aromatic heterocycles. The summed E-state index contributed by atoms with van der Waals surface area (Å²) in [4.78, 5) is 4.46. The molecule has 0 spiro atoms. The average molecular weight is 270 g/mol. The number of rotatable bonds is 4. The van der Waals surface area contributed by atoms with Gasteiger partial charge in [-0.3, -0.25) is 4.98 Å². The summed E-state index contributed by atoms with van der Waals surface area (Å²) in [5.41, 5.74) is 2.16. The Morgan fingerprint density at radius 2 is 2.05 bits per heavy atom. The second kappa shape index (κ2) is 6.23. The molecule has 0 bridgehead atoms. The maximum Gasteiger partial charge on any atom is 0.152 e. The van der Waals surface area contributed by atoms with Gasteiger partial charge in [0.15, 0.2) is 5.76 Å². The van der Waals surface area contributed by atoms with Gasteiger partial charge in [0.05, 0.1) is 6.26 Å². The minimum Gasteiger partial charge on any atom is -0.463 e. The minimum atomic E-state index is 0.649. The number of nitrogens with one attached hydrogen (secondary N) is 1. The van der Waals surface area contributed by atoms with Crippen LogP contribution in [0.5, 0.6) is 0 Å². The second-order valence-corrected chi connectivity index (χ2v) is 5.83. The van der Waals surface area contributed by atoms with Gasteiger partial charge < -0.3 is 9.73 Å². The first-order chi connectivity index (χ1) is 9.83. The van der Waals surface area contributed by atoms with Crippen LogP contribution in [0.1, 0.15) is 38.2 Å². The third kappa shape index (κ3) is 3.10. The predicted molar refractivity (Wildman–Crippen MR) is 80.2 cm³/mol. The molecule has 20 heavy (non-hydrogen) atoms. The van der Waals surface area contributed by atoms with Crippen LogP contribution in [-0.2, 0) is 6.54 Å². The highest BCUT2D eigenvalue weighted by Gasteiger charge is 2.18. The summed E-state index contributed by atoms with van der Waals surface area (Å²) in [7, 11) is 0. The van der Waals surface area contributed by atoms with Crippen molar-refractivity contribution in [3.8, 4) is 11.5 Å². The van der Waals surface area contributed by atoms with Crippen molar-refractivity contribution in [2.24, 2.45) is 5.92 Å². The van der Waals surface area contributed by atoms with Gasteiger partial charge in [0.2, 0.25) is 0 Å². The lowest BCUT2D eigenvalue weighted by atomic mass is 9.87. The third-order valence-electron chi connectivity index (χ3n) is 4.24. The number of furan rings is 1. The summed E-state index contributed by atoms with van der Waals surface area (Å²) < 4.78 is 5.48. The zero-order chi connectivity index (χ0) is 13.8. The van der Waals surface area contributed by atoms with E-state index in [0.717, 1.165) is 23.9 Å². The maximum atomic E-state index is 5.48. The standard InChI is InChI=1S/C17H22N2O/c1-13-6-8-15(9-7-13)19-12-14-4-2-10-18-17(14)16-5-3-11-20-16/h2-5,10-11,13,15,19H,6-9,12H2,1H3. The average Bonchev–Trinajstić information content (AvgIpc) is 3.01. The molecule has 0 aliphatic heterocycles. The van der Waals surface area contributed by atoms with Crippen LogP contribution in [0.3, 0.4) is 0 Å². The van der Waals surface area contributed by atoms with E-state index in [1.807, 2.05) is 24.4 Å². The van der Waals surface area contributed by atoms with Crippen LogP contribution in [0.4, 0.5) is 0 Å². The van der Waals surface area contributed by atoms with Gasteiger partial charge in [0.25, 0.3) is 0 Å². The molecule has 2 heterocycles. The van der Waals surface area contributed by atoms with Crippen molar-refractivity contribution in [1.82, 2.24) is 10.3 Å². The van der Waals surface area contributed by atoms with Gasteiger partial charge in [-0.15, -0.1) is 0 Å². The van der Waals surface area contributed by atoms with Gasteiger partial charge in [-0.1, -0.05) is 13.0 Å². The lowest BCUT2D eigenvalue weighted by Gasteiger charge is -2.27. The Morgan fingerprint density at radius 3 is 2.80 bits per heavy atom. The first-order valence-corrected chi connectivity index (χ1v) is 7.54. The van der Waals surface area contributed by atoms with E-state index >= 15 is 0 Å². The van der Waals surface area contributed by atoms with Crippen molar-refractivity contribution < 1.29 is 4.42 Å². The Bertz CT molecular complexity index is 528. The molecule has 106 valence electrons. The van der Waals surface area contributed by atoms with E-state index < -0.39 is 0 Å². The van der Waals surface area contributed by atoms with E-state index in [4.69, 9.17) is 4.42 Å². The van der Waals surface area contributed by atoms with E-state index in [1.54, 1.807) is 6.26 Å². The van der Waals surface area contributed by atoms with Gasteiger partial charge >= 0.3 is 0 Å². The van der Waals surface area contributed by atoms with Crippen molar-refractivity contribution in [2.45, 2.75) is 45.2 Å². The molecule has 2 aromatic rings. The molecule has 1 N–H and O–H groups in total. The van der Waals surface area contributed by atoms with Gasteiger partial charge in [-0.05, 0) is 55.4 Å². The molecule has 0 saturated heterocycles. The van der Waals surface area contributed by atoms with Gasteiger partial charge in [-0.2, -0.15) is 0 Å². The fraction of sp³-hybridized carbons (Fsp3) is 0.471. The smallest absolute Gasteiger partial charge is 0.152 e. The van der Waals surface area contributed by atoms with Gasteiger partial charge in [0.1, 0.15) is 5.69 Å². The molecule has 0 unspecified atom stereocenters. The lowest BCUT2D eigenvalue weighted by molar-refractivity contribution is 0.306. The van der Waals surface area contributed by atoms with Gasteiger partial charge in [-0.25, -0.2) is 0 Å². The first-order valence-electron chi connectivity index (χ1n) is 7.54. The molecule has 3 heteroatoms. The normalized spacial score (nSPS) is 22.9. The second-order valence-electron chi connectivity index (χ2n) is 5.83. The Morgan fingerprint density at radius 1 is 1.20 bits per heavy atom. The van der Waals surface area contributed by atoms with Crippen LogP contribution in [0, 0.1) is 5.92 Å². The summed E-state index contributed by atoms with van der Waals surface area (Å²) in [5, 5.41) is 3.68. The molecule has 3 nitrogen and oxygen atoms in total. The molecule has 0 aromatic carbocycles. The van der Waals surface area contributed by atoms with Crippen LogP contribution < -0.4 is 5.32 Å². The van der Waals surface area contributed by atoms with Crippen molar-refractivity contribution in [3.05, 3.63) is 42.3 Å². The quantitative estimate of drug-likeness (QED) is 0.912. The summed E-state index contributed by atoms with van der Waals surface area (Å²) in [6.45, 7) is 3.22.